The summed E-state index contributed by atoms with van der Waals surface area (Å²) < 4.78 is 5.43. The van der Waals surface area contributed by atoms with Gasteiger partial charge in [-0.05, 0) is 37.3 Å². The van der Waals surface area contributed by atoms with Crippen LogP contribution in [-0.4, -0.2) is 12.5 Å². The van der Waals surface area contributed by atoms with Crippen molar-refractivity contribution in [3.05, 3.63) is 53.1 Å². The Morgan fingerprint density at radius 2 is 2.05 bits per heavy atom. The summed E-state index contributed by atoms with van der Waals surface area (Å²) in [7, 11) is 0. The zero-order valence-electron chi connectivity index (χ0n) is 11.0. The Hall–Kier alpha value is -2.20. The van der Waals surface area contributed by atoms with E-state index in [9.17, 15) is 4.79 Å². The molecular formula is C15H15ClN2O2. The number of nitrogen functional groups attached to an aromatic ring is 1. The van der Waals surface area contributed by atoms with E-state index in [0.717, 1.165) is 0 Å². The first-order valence-corrected chi connectivity index (χ1v) is 6.58. The number of rotatable bonds is 4. The minimum atomic E-state index is -0.254. The van der Waals surface area contributed by atoms with Gasteiger partial charge in [-0.3, -0.25) is 4.79 Å². The summed E-state index contributed by atoms with van der Waals surface area (Å²) in [5.41, 5.74) is 7.18. The standard InChI is InChI=1S/C15H15ClN2O2/c1-2-20-14-6-4-3-5-11(14)15(19)18-10-7-8-12(16)13(17)9-10/h3-9H,2,17H2,1H3,(H,18,19). The molecule has 0 aliphatic carbocycles. The smallest absolute Gasteiger partial charge is 0.259 e. The second-order valence-corrected chi connectivity index (χ2v) is 4.53. The van der Waals surface area contributed by atoms with Crippen LogP contribution in [0.15, 0.2) is 42.5 Å². The lowest BCUT2D eigenvalue weighted by Crippen LogP contribution is -2.13. The van der Waals surface area contributed by atoms with E-state index in [0.29, 0.717) is 34.3 Å². The highest BCUT2D eigenvalue weighted by Crippen LogP contribution is 2.24. The van der Waals surface area contributed by atoms with E-state index in [1.165, 1.54) is 0 Å². The van der Waals surface area contributed by atoms with Gasteiger partial charge in [0, 0.05) is 5.69 Å². The van der Waals surface area contributed by atoms with Crippen molar-refractivity contribution in [1.29, 1.82) is 0 Å². The molecule has 0 saturated carbocycles. The number of hydrogen-bond donors (Lipinski definition) is 2. The van der Waals surface area contributed by atoms with Gasteiger partial charge in [-0.1, -0.05) is 23.7 Å². The predicted octanol–water partition coefficient (Wildman–Crippen LogP) is 3.57. The van der Waals surface area contributed by atoms with Crippen LogP contribution in [0.25, 0.3) is 0 Å². The molecule has 4 nitrogen and oxygen atoms in total. The van der Waals surface area contributed by atoms with Crippen LogP contribution in [0.5, 0.6) is 5.75 Å². The molecule has 0 atom stereocenters. The van der Waals surface area contributed by atoms with Crippen LogP contribution >= 0.6 is 11.6 Å². The molecule has 5 heteroatoms. The highest BCUT2D eigenvalue weighted by Gasteiger charge is 2.12. The molecule has 0 spiro atoms. The molecule has 0 radical (unpaired) electrons. The van der Waals surface area contributed by atoms with Crippen LogP contribution in [0.4, 0.5) is 11.4 Å². The third-order valence-corrected chi connectivity index (χ3v) is 3.03. The third kappa shape index (κ3) is 3.22. The van der Waals surface area contributed by atoms with E-state index >= 15 is 0 Å². The normalized spacial score (nSPS) is 10.1. The number of carbonyl (C=O) groups is 1. The fourth-order valence-electron chi connectivity index (χ4n) is 1.76. The Balaban J connectivity index is 2.21. The second-order valence-electron chi connectivity index (χ2n) is 4.12. The highest BCUT2D eigenvalue weighted by atomic mass is 35.5. The average Bonchev–Trinajstić information content (AvgIpc) is 2.44. The van der Waals surface area contributed by atoms with Crippen LogP contribution in [0.1, 0.15) is 17.3 Å². The van der Waals surface area contributed by atoms with Gasteiger partial charge in [-0.25, -0.2) is 0 Å². The summed E-state index contributed by atoms with van der Waals surface area (Å²) in [6, 6.07) is 12.0. The molecule has 0 aromatic heterocycles. The van der Waals surface area contributed by atoms with Crippen molar-refractivity contribution in [2.45, 2.75) is 6.92 Å². The zero-order chi connectivity index (χ0) is 14.5. The molecule has 0 fully saturated rings. The minimum Gasteiger partial charge on any atom is -0.493 e. The van der Waals surface area contributed by atoms with Crippen molar-refractivity contribution >= 4 is 28.9 Å². The van der Waals surface area contributed by atoms with Crippen molar-refractivity contribution in [1.82, 2.24) is 0 Å². The van der Waals surface area contributed by atoms with Crippen molar-refractivity contribution in [3.63, 3.8) is 0 Å². The number of para-hydroxylation sites is 1. The molecule has 1 amide bonds. The molecule has 3 N–H and O–H groups in total. The molecule has 0 unspecified atom stereocenters. The molecule has 104 valence electrons. The number of halogens is 1. The van der Waals surface area contributed by atoms with E-state index in [1.54, 1.807) is 36.4 Å². The van der Waals surface area contributed by atoms with Crippen molar-refractivity contribution in [2.24, 2.45) is 0 Å². The van der Waals surface area contributed by atoms with Crippen LogP contribution in [-0.2, 0) is 0 Å². The molecule has 2 aromatic carbocycles. The number of carbonyl (C=O) groups excluding carboxylic acids is 1. The van der Waals surface area contributed by atoms with Crippen molar-refractivity contribution in [2.75, 3.05) is 17.7 Å². The van der Waals surface area contributed by atoms with E-state index in [-0.39, 0.29) is 5.91 Å². The maximum absolute atomic E-state index is 12.2. The quantitative estimate of drug-likeness (QED) is 0.846. The Morgan fingerprint density at radius 1 is 1.30 bits per heavy atom. The molecule has 0 aliphatic rings. The van der Waals surface area contributed by atoms with Gasteiger partial charge in [0.15, 0.2) is 0 Å². The summed E-state index contributed by atoms with van der Waals surface area (Å²) >= 11 is 5.84. The first-order valence-electron chi connectivity index (χ1n) is 6.20. The second kappa shape index (κ2) is 6.30. The maximum Gasteiger partial charge on any atom is 0.259 e. The molecule has 20 heavy (non-hydrogen) atoms. The van der Waals surface area contributed by atoms with Crippen molar-refractivity contribution in [3.8, 4) is 5.75 Å². The topological polar surface area (TPSA) is 64.3 Å². The molecule has 0 bridgehead atoms. The molecular weight excluding hydrogens is 276 g/mol. The Labute approximate surface area is 122 Å². The number of nitrogens with one attached hydrogen (secondary N) is 1. The Bertz CT molecular complexity index is 629. The number of benzene rings is 2. The van der Waals surface area contributed by atoms with Crippen LogP contribution in [0.2, 0.25) is 5.02 Å². The summed E-state index contributed by atoms with van der Waals surface area (Å²) in [6.45, 7) is 2.37. The third-order valence-electron chi connectivity index (χ3n) is 2.69. The molecule has 2 aromatic rings. The number of anilines is 2. The molecule has 0 heterocycles. The van der Waals surface area contributed by atoms with Crippen LogP contribution < -0.4 is 15.8 Å². The van der Waals surface area contributed by atoms with E-state index < -0.39 is 0 Å². The lowest BCUT2D eigenvalue weighted by molar-refractivity contribution is 0.102. The highest BCUT2D eigenvalue weighted by molar-refractivity contribution is 6.33. The fraction of sp³-hybridized carbons (Fsp3) is 0.133. The molecule has 0 aliphatic heterocycles. The van der Waals surface area contributed by atoms with Gasteiger partial charge in [-0.2, -0.15) is 0 Å². The monoisotopic (exact) mass is 290 g/mol. The van der Waals surface area contributed by atoms with Gasteiger partial charge in [0.25, 0.3) is 5.91 Å². The summed E-state index contributed by atoms with van der Waals surface area (Å²) in [5.74, 6) is 0.296. The number of ether oxygens (including phenoxy) is 1. The predicted molar refractivity (Wildman–Crippen MR) is 81.4 cm³/mol. The first-order chi connectivity index (χ1) is 9.61. The number of nitrogens with two attached hydrogens (primary N) is 1. The fourth-order valence-corrected chi connectivity index (χ4v) is 1.87. The SMILES string of the molecule is CCOc1ccccc1C(=O)Nc1ccc(Cl)c(N)c1. The van der Waals surface area contributed by atoms with Gasteiger partial charge < -0.3 is 15.8 Å². The van der Waals surface area contributed by atoms with Gasteiger partial charge >= 0.3 is 0 Å². The van der Waals surface area contributed by atoms with Crippen LogP contribution in [0, 0.1) is 0 Å². The van der Waals surface area contributed by atoms with Crippen LogP contribution in [0.3, 0.4) is 0 Å². The van der Waals surface area contributed by atoms with Gasteiger partial charge in [0.05, 0.1) is 22.9 Å². The maximum atomic E-state index is 12.2. The number of hydrogen-bond acceptors (Lipinski definition) is 3. The largest absolute Gasteiger partial charge is 0.493 e. The summed E-state index contributed by atoms with van der Waals surface area (Å²) in [5, 5.41) is 3.22. The van der Waals surface area contributed by atoms with E-state index in [1.807, 2.05) is 13.0 Å². The van der Waals surface area contributed by atoms with Crippen molar-refractivity contribution < 1.29 is 9.53 Å². The van der Waals surface area contributed by atoms with Gasteiger partial charge in [-0.15, -0.1) is 0 Å². The lowest BCUT2D eigenvalue weighted by atomic mass is 10.2. The Morgan fingerprint density at radius 3 is 2.75 bits per heavy atom. The van der Waals surface area contributed by atoms with E-state index in [4.69, 9.17) is 22.1 Å². The first kappa shape index (κ1) is 14.2. The number of amides is 1. The summed E-state index contributed by atoms with van der Waals surface area (Å²) in [4.78, 5) is 12.2. The minimum absolute atomic E-state index is 0.254. The van der Waals surface area contributed by atoms with E-state index in [2.05, 4.69) is 5.32 Å². The average molecular weight is 291 g/mol. The van der Waals surface area contributed by atoms with Gasteiger partial charge in [0.2, 0.25) is 0 Å². The Kier molecular flexibility index (Phi) is 4.48. The molecule has 2 rings (SSSR count). The van der Waals surface area contributed by atoms with Gasteiger partial charge in [0.1, 0.15) is 5.75 Å². The lowest BCUT2D eigenvalue weighted by Gasteiger charge is -2.11. The summed E-state index contributed by atoms with van der Waals surface area (Å²) in [6.07, 6.45) is 0. The zero-order valence-corrected chi connectivity index (χ0v) is 11.8. The molecule has 0 saturated heterocycles.